The van der Waals surface area contributed by atoms with Crippen molar-refractivity contribution in [2.24, 2.45) is 5.92 Å². The number of nitrogens with zero attached hydrogens (tertiary/aromatic N) is 2. The summed E-state index contributed by atoms with van der Waals surface area (Å²) < 4.78 is 4.24. The quantitative estimate of drug-likeness (QED) is 0.839. The van der Waals surface area contributed by atoms with Gasteiger partial charge in [0.2, 0.25) is 5.13 Å². The van der Waals surface area contributed by atoms with Gasteiger partial charge in [-0.3, -0.25) is 0 Å². The molecule has 1 atom stereocenters. The molecule has 0 saturated heterocycles. The molecule has 0 aromatic carbocycles. The van der Waals surface area contributed by atoms with Crippen LogP contribution in [-0.4, -0.2) is 26.5 Å². The summed E-state index contributed by atoms with van der Waals surface area (Å²) in [5.41, 5.74) is 0. The third kappa shape index (κ3) is 3.89. The molecule has 0 amide bonds. The second-order valence-corrected chi connectivity index (χ2v) is 5.88. The summed E-state index contributed by atoms with van der Waals surface area (Å²) in [5.74, 6) is 0.242. The van der Waals surface area contributed by atoms with Crippen LogP contribution in [0.2, 0.25) is 0 Å². The van der Waals surface area contributed by atoms with Crippen molar-refractivity contribution >= 4 is 22.6 Å². The molecule has 1 saturated carbocycles. The van der Waals surface area contributed by atoms with Crippen LogP contribution >= 0.6 is 11.5 Å². The van der Waals surface area contributed by atoms with Crippen molar-refractivity contribution in [2.45, 2.75) is 57.9 Å². The van der Waals surface area contributed by atoms with E-state index in [1.165, 1.54) is 18.0 Å². The maximum absolute atomic E-state index is 11.4. The van der Waals surface area contributed by atoms with Crippen LogP contribution < -0.4 is 5.32 Å². The van der Waals surface area contributed by atoms with E-state index in [2.05, 4.69) is 21.6 Å². The Hall–Kier alpha value is -1.17. The van der Waals surface area contributed by atoms with Crippen LogP contribution in [0.4, 0.5) is 5.13 Å². The Labute approximate surface area is 117 Å². The first-order valence-electron chi connectivity index (χ1n) is 7.02. The molecule has 2 rings (SSSR count). The van der Waals surface area contributed by atoms with Gasteiger partial charge in [-0.05, 0) is 25.2 Å². The molecule has 0 bridgehead atoms. The zero-order chi connectivity index (χ0) is 13.7. The molecule has 5 nitrogen and oxygen atoms in total. The van der Waals surface area contributed by atoms with Gasteiger partial charge in [-0.1, -0.05) is 26.2 Å². The van der Waals surface area contributed by atoms with Gasteiger partial charge < -0.3 is 10.4 Å². The third-order valence-corrected chi connectivity index (χ3v) is 4.29. The molecule has 1 aliphatic carbocycles. The van der Waals surface area contributed by atoms with Gasteiger partial charge in [0.15, 0.2) is 0 Å². The molecular formula is C13H21N3O2S. The number of carboxylic acid groups (broad SMARTS) is 1. The van der Waals surface area contributed by atoms with E-state index in [9.17, 15) is 9.90 Å². The fraction of sp³-hybridized carbons (Fsp3) is 0.769. The van der Waals surface area contributed by atoms with E-state index >= 15 is 0 Å². The van der Waals surface area contributed by atoms with Crippen LogP contribution in [-0.2, 0) is 11.2 Å². The van der Waals surface area contributed by atoms with Crippen molar-refractivity contribution in [3.05, 3.63) is 5.82 Å². The maximum Gasteiger partial charge on any atom is 0.326 e. The zero-order valence-electron chi connectivity index (χ0n) is 11.3. The molecule has 0 spiro atoms. The summed E-state index contributed by atoms with van der Waals surface area (Å²) in [6.07, 6.45) is 7.32. The standard InChI is InChI=1S/C13H21N3O2S/c1-2-6-10-14-13(19-16-10)15-11(12(17)18)9-7-4-3-5-8-9/h9,11H,2-8H2,1H3,(H,17,18)(H,14,15,16). The zero-order valence-corrected chi connectivity index (χ0v) is 12.1. The Balaban J connectivity index is 2.00. The van der Waals surface area contributed by atoms with Crippen molar-refractivity contribution < 1.29 is 9.90 Å². The number of rotatable bonds is 6. The highest BCUT2D eigenvalue weighted by Gasteiger charge is 2.30. The summed E-state index contributed by atoms with van der Waals surface area (Å²) in [4.78, 5) is 15.8. The van der Waals surface area contributed by atoms with Crippen LogP contribution in [0.15, 0.2) is 0 Å². The molecule has 0 aliphatic heterocycles. The maximum atomic E-state index is 11.4. The van der Waals surface area contributed by atoms with Gasteiger partial charge in [0, 0.05) is 18.0 Å². The normalized spacial score (nSPS) is 18.2. The predicted octanol–water partition coefficient (Wildman–Crippen LogP) is 2.94. The molecule has 106 valence electrons. The van der Waals surface area contributed by atoms with Gasteiger partial charge >= 0.3 is 5.97 Å². The average Bonchev–Trinajstić information content (AvgIpc) is 2.85. The summed E-state index contributed by atoms with van der Waals surface area (Å²) in [6.45, 7) is 2.08. The van der Waals surface area contributed by atoms with Crippen LogP contribution in [0.5, 0.6) is 0 Å². The smallest absolute Gasteiger partial charge is 0.326 e. The first-order chi connectivity index (χ1) is 9.20. The molecule has 1 aromatic rings. The Morgan fingerprint density at radius 2 is 2.21 bits per heavy atom. The number of aryl methyl sites for hydroxylation is 1. The minimum Gasteiger partial charge on any atom is -0.480 e. The number of nitrogens with one attached hydrogen (secondary N) is 1. The van der Waals surface area contributed by atoms with Crippen LogP contribution in [0.25, 0.3) is 0 Å². The molecule has 19 heavy (non-hydrogen) atoms. The summed E-state index contributed by atoms with van der Waals surface area (Å²) in [5, 5.41) is 13.1. The highest BCUT2D eigenvalue weighted by Crippen LogP contribution is 2.28. The van der Waals surface area contributed by atoms with Gasteiger partial charge in [-0.15, -0.1) is 0 Å². The fourth-order valence-electron chi connectivity index (χ4n) is 2.62. The van der Waals surface area contributed by atoms with E-state index in [-0.39, 0.29) is 5.92 Å². The number of hydrogen-bond donors (Lipinski definition) is 2. The van der Waals surface area contributed by atoms with E-state index in [1.807, 2.05) is 0 Å². The first kappa shape index (κ1) is 14.2. The molecular weight excluding hydrogens is 262 g/mol. The summed E-state index contributed by atoms with van der Waals surface area (Å²) >= 11 is 1.26. The Morgan fingerprint density at radius 3 is 2.84 bits per heavy atom. The van der Waals surface area contributed by atoms with Crippen molar-refractivity contribution in [2.75, 3.05) is 5.32 Å². The Morgan fingerprint density at radius 1 is 1.47 bits per heavy atom. The number of carbonyl (C=O) groups is 1. The third-order valence-electron chi connectivity index (χ3n) is 3.61. The Kier molecular flexibility index (Phi) is 5.13. The van der Waals surface area contributed by atoms with Gasteiger partial charge in [0.25, 0.3) is 0 Å². The summed E-state index contributed by atoms with van der Waals surface area (Å²) in [7, 11) is 0. The SMILES string of the molecule is CCCc1nsc(NC(C(=O)O)C2CCCCC2)n1. The highest BCUT2D eigenvalue weighted by molar-refractivity contribution is 7.09. The lowest BCUT2D eigenvalue weighted by Crippen LogP contribution is -2.37. The van der Waals surface area contributed by atoms with Crippen LogP contribution in [0.1, 0.15) is 51.3 Å². The van der Waals surface area contributed by atoms with Crippen LogP contribution in [0.3, 0.4) is 0 Å². The number of carboxylic acids is 1. The van der Waals surface area contributed by atoms with Gasteiger partial charge in [-0.2, -0.15) is 4.37 Å². The Bertz CT molecular complexity index is 416. The lowest BCUT2D eigenvalue weighted by Gasteiger charge is -2.27. The minimum absolute atomic E-state index is 0.213. The fourth-order valence-corrected chi connectivity index (χ4v) is 3.27. The lowest BCUT2D eigenvalue weighted by atomic mass is 9.84. The topological polar surface area (TPSA) is 75.1 Å². The van der Waals surface area contributed by atoms with Crippen molar-refractivity contribution in [3.8, 4) is 0 Å². The lowest BCUT2D eigenvalue weighted by molar-refractivity contribution is -0.139. The molecule has 0 radical (unpaired) electrons. The largest absolute Gasteiger partial charge is 0.480 e. The monoisotopic (exact) mass is 283 g/mol. The second-order valence-electron chi connectivity index (χ2n) is 5.12. The molecule has 1 fully saturated rings. The van der Waals surface area contributed by atoms with Gasteiger partial charge in [-0.25, -0.2) is 9.78 Å². The first-order valence-corrected chi connectivity index (χ1v) is 7.80. The van der Waals surface area contributed by atoms with E-state index in [0.717, 1.165) is 44.3 Å². The molecule has 6 heteroatoms. The van der Waals surface area contributed by atoms with E-state index in [0.29, 0.717) is 5.13 Å². The van der Waals surface area contributed by atoms with Crippen molar-refractivity contribution in [3.63, 3.8) is 0 Å². The molecule has 1 aliphatic rings. The van der Waals surface area contributed by atoms with E-state index in [4.69, 9.17) is 0 Å². The number of aliphatic carboxylic acids is 1. The predicted molar refractivity (Wildman–Crippen MR) is 75.5 cm³/mol. The number of anilines is 1. The van der Waals surface area contributed by atoms with Gasteiger partial charge in [0.05, 0.1) is 0 Å². The van der Waals surface area contributed by atoms with Crippen molar-refractivity contribution in [1.29, 1.82) is 0 Å². The van der Waals surface area contributed by atoms with Crippen molar-refractivity contribution in [1.82, 2.24) is 9.36 Å². The second kappa shape index (κ2) is 6.84. The average molecular weight is 283 g/mol. The van der Waals surface area contributed by atoms with Crippen LogP contribution in [0, 0.1) is 5.92 Å². The van der Waals surface area contributed by atoms with E-state index in [1.54, 1.807) is 0 Å². The van der Waals surface area contributed by atoms with Gasteiger partial charge in [0.1, 0.15) is 11.9 Å². The molecule has 1 aromatic heterocycles. The highest BCUT2D eigenvalue weighted by atomic mass is 32.1. The molecule has 2 N–H and O–H groups in total. The summed E-state index contributed by atoms with van der Waals surface area (Å²) in [6, 6.07) is -0.525. The minimum atomic E-state index is -0.779. The molecule has 1 heterocycles. The number of aromatic nitrogens is 2. The van der Waals surface area contributed by atoms with E-state index < -0.39 is 12.0 Å². The molecule has 1 unspecified atom stereocenters. The number of hydrogen-bond acceptors (Lipinski definition) is 5.